The first-order chi connectivity index (χ1) is 9.21. The number of rotatable bonds is 2. The van der Waals surface area contributed by atoms with Gasteiger partial charge < -0.3 is 10.3 Å². The smallest absolute Gasteiger partial charge is 0.369 e. The van der Waals surface area contributed by atoms with Gasteiger partial charge in [-0.25, -0.2) is 9.37 Å². The van der Waals surface area contributed by atoms with Gasteiger partial charge in [-0.3, -0.25) is 0 Å². The number of halogens is 4. The molecule has 2 N–H and O–H groups in total. The molecule has 0 atom stereocenters. The number of nitrogens with zero attached hydrogens (tertiary/aromatic N) is 2. The predicted molar refractivity (Wildman–Crippen MR) is 68.6 cm³/mol. The molecule has 1 saturated carbocycles. The molecule has 0 aromatic carbocycles. The summed E-state index contributed by atoms with van der Waals surface area (Å²) in [6.45, 7) is 4.37. The molecule has 0 aliphatic heterocycles. The fourth-order valence-electron chi connectivity index (χ4n) is 2.11. The van der Waals surface area contributed by atoms with Gasteiger partial charge in [-0.1, -0.05) is 6.58 Å². The minimum absolute atomic E-state index is 0.0154. The third-order valence-corrected chi connectivity index (χ3v) is 3.47. The number of nitrogens with two attached hydrogens (primary N) is 1. The number of nitrogen functional groups attached to an aromatic ring is 1. The van der Waals surface area contributed by atoms with E-state index in [1.807, 2.05) is 0 Å². The van der Waals surface area contributed by atoms with Gasteiger partial charge in [-0.2, -0.15) is 13.2 Å². The molecule has 3 nitrogen and oxygen atoms in total. The largest absolute Gasteiger partial charge is 0.412 e. The summed E-state index contributed by atoms with van der Waals surface area (Å²) in [5, 5.41) is -0.00563. The molecular weight excluding hydrogens is 274 g/mol. The maximum Gasteiger partial charge on any atom is 0.412 e. The second-order valence-corrected chi connectivity index (χ2v) is 4.89. The maximum absolute atomic E-state index is 14.2. The third-order valence-electron chi connectivity index (χ3n) is 3.47. The number of hydrogen-bond donors (Lipinski definition) is 1. The monoisotopic (exact) mass is 289 g/mol. The topological polar surface area (TPSA) is 43.8 Å². The summed E-state index contributed by atoms with van der Waals surface area (Å²) >= 11 is 0. The molecule has 2 rings (SSSR count). The highest BCUT2D eigenvalue weighted by Crippen LogP contribution is 2.31. The van der Waals surface area contributed by atoms with E-state index in [-0.39, 0.29) is 22.7 Å². The first kappa shape index (κ1) is 14.6. The normalized spacial score (nSPS) is 18.9. The second-order valence-electron chi connectivity index (χ2n) is 4.89. The van der Waals surface area contributed by atoms with E-state index < -0.39 is 17.6 Å². The fraction of sp³-hybridized carbons (Fsp3) is 0.462. The van der Waals surface area contributed by atoms with Crippen molar-refractivity contribution < 1.29 is 17.6 Å². The molecule has 1 aromatic rings. The van der Waals surface area contributed by atoms with Crippen LogP contribution in [0.25, 0.3) is 12.4 Å². The lowest BCUT2D eigenvalue weighted by molar-refractivity contribution is -0.0913. The standard InChI is InChI=1S/C13H15F4N3/c1-7(13(15,16)17)6-10(14)11-8(2)19-12(18)20(11)9-4-3-5-9/h6,9H,2-5H2,1H3,(H2,18,19)/b7-6+,11-10-. The number of alkyl halides is 3. The Kier molecular flexibility index (Phi) is 3.62. The van der Waals surface area contributed by atoms with Crippen molar-refractivity contribution in [2.45, 2.75) is 38.4 Å². The molecule has 0 radical (unpaired) electrons. The summed E-state index contributed by atoms with van der Waals surface area (Å²) in [4.78, 5) is 3.86. The van der Waals surface area contributed by atoms with Gasteiger partial charge in [0, 0.05) is 11.6 Å². The average molecular weight is 289 g/mol. The zero-order valence-electron chi connectivity index (χ0n) is 11.0. The molecule has 0 bridgehead atoms. The van der Waals surface area contributed by atoms with Crippen LogP contribution in [0.4, 0.5) is 23.5 Å². The van der Waals surface area contributed by atoms with Crippen LogP contribution in [0.5, 0.6) is 0 Å². The van der Waals surface area contributed by atoms with Gasteiger partial charge in [0.05, 0.1) is 5.35 Å². The molecule has 0 spiro atoms. The SMILES string of the molecule is C=c1nc(N)n(C2CCC2)/c1=C(F)/C=C(\C)C(F)(F)F. The van der Waals surface area contributed by atoms with Crippen LogP contribution >= 0.6 is 0 Å². The number of aromatic nitrogens is 2. The van der Waals surface area contributed by atoms with Gasteiger partial charge in [-0.05, 0) is 32.3 Å². The highest BCUT2D eigenvalue weighted by molar-refractivity contribution is 5.50. The first-order valence-electron chi connectivity index (χ1n) is 6.19. The van der Waals surface area contributed by atoms with Crippen molar-refractivity contribution in [1.29, 1.82) is 0 Å². The van der Waals surface area contributed by atoms with E-state index in [4.69, 9.17) is 5.73 Å². The van der Waals surface area contributed by atoms with Crippen molar-refractivity contribution in [2.24, 2.45) is 0 Å². The van der Waals surface area contributed by atoms with Crippen LogP contribution in [0.1, 0.15) is 32.2 Å². The minimum atomic E-state index is -4.56. The van der Waals surface area contributed by atoms with E-state index in [2.05, 4.69) is 11.6 Å². The van der Waals surface area contributed by atoms with Gasteiger partial charge in [-0.15, -0.1) is 0 Å². The summed E-state index contributed by atoms with van der Waals surface area (Å²) in [5.41, 5.74) is 4.68. The lowest BCUT2D eigenvalue weighted by Gasteiger charge is -2.27. The van der Waals surface area contributed by atoms with E-state index in [1.54, 1.807) is 0 Å². The predicted octanol–water partition coefficient (Wildman–Crippen LogP) is 2.19. The van der Waals surface area contributed by atoms with Crippen LogP contribution in [-0.2, 0) is 0 Å². The van der Waals surface area contributed by atoms with Gasteiger partial charge in [0.25, 0.3) is 0 Å². The number of anilines is 1. The van der Waals surface area contributed by atoms with Crippen molar-refractivity contribution in [1.82, 2.24) is 9.55 Å². The maximum atomic E-state index is 14.2. The molecule has 1 aliphatic carbocycles. The molecule has 1 aliphatic rings. The van der Waals surface area contributed by atoms with Crippen molar-refractivity contribution in [3.8, 4) is 0 Å². The second kappa shape index (κ2) is 4.96. The number of hydrogen-bond acceptors (Lipinski definition) is 2. The van der Waals surface area contributed by atoms with Gasteiger partial charge in [0.2, 0.25) is 5.95 Å². The molecule has 1 heterocycles. The van der Waals surface area contributed by atoms with E-state index in [0.717, 1.165) is 26.2 Å². The minimum Gasteiger partial charge on any atom is -0.369 e. The molecular formula is C13H15F4N3. The Morgan fingerprint density at radius 2 is 2.05 bits per heavy atom. The molecule has 7 heteroatoms. The van der Waals surface area contributed by atoms with E-state index in [1.165, 1.54) is 4.57 Å². The van der Waals surface area contributed by atoms with E-state index >= 15 is 0 Å². The first-order valence-corrected chi connectivity index (χ1v) is 6.19. The molecule has 0 amide bonds. The van der Waals surface area contributed by atoms with Crippen LogP contribution in [0.15, 0.2) is 11.6 Å². The lowest BCUT2D eigenvalue weighted by Crippen LogP contribution is -2.35. The molecule has 0 saturated heterocycles. The zero-order chi connectivity index (χ0) is 15.1. The zero-order valence-corrected chi connectivity index (χ0v) is 11.0. The Bertz CT molecular complexity index is 650. The quantitative estimate of drug-likeness (QED) is 0.848. The summed E-state index contributed by atoms with van der Waals surface area (Å²) in [6, 6.07) is -0.0154. The van der Waals surface area contributed by atoms with Crippen LogP contribution in [0, 0.1) is 0 Å². The Hall–Kier alpha value is -1.79. The Morgan fingerprint density at radius 3 is 2.50 bits per heavy atom. The Morgan fingerprint density at radius 1 is 1.45 bits per heavy atom. The fourth-order valence-corrected chi connectivity index (χ4v) is 2.11. The highest BCUT2D eigenvalue weighted by Gasteiger charge is 2.30. The molecule has 0 unspecified atom stereocenters. The van der Waals surface area contributed by atoms with Crippen LogP contribution in [-0.4, -0.2) is 15.7 Å². The number of imidazole rings is 1. The average Bonchev–Trinajstić information content (AvgIpc) is 2.50. The molecule has 20 heavy (non-hydrogen) atoms. The van der Waals surface area contributed by atoms with Crippen molar-refractivity contribution in [3.05, 3.63) is 22.3 Å². The van der Waals surface area contributed by atoms with Gasteiger partial charge in [0.1, 0.15) is 11.2 Å². The van der Waals surface area contributed by atoms with Gasteiger partial charge in [0.15, 0.2) is 0 Å². The third kappa shape index (κ3) is 2.57. The van der Waals surface area contributed by atoms with Crippen LogP contribution in [0.3, 0.4) is 0 Å². The molecule has 1 fully saturated rings. The summed E-state index contributed by atoms with van der Waals surface area (Å²) in [5.74, 6) is -0.927. The van der Waals surface area contributed by atoms with Gasteiger partial charge >= 0.3 is 6.18 Å². The summed E-state index contributed by atoms with van der Waals surface area (Å²) < 4.78 is 53.0. The van der Waals surface area contributed by atoms with Crippen molar-refractivity contribution >= 4 is 18.4 Å². The number of allylic oxidation sites excluding steroid dienone is 2. The molecule has 1 aromatic heterocycles. The van der Waals surface area contributed by atoms with Crippen LogP contribution < -0.4 is 16.4 Å². The molecule has 110 valence electrons. The lowest BCUT2D eigenvalue weighted by atomic mass is 9.93. The summed E-state index contributed by atoms with van der Waals surface area (Å²) in [7, 11) is 0. The summed E-state index contributed by atoms with van der Waals surface area (Å²) in [6.07, 6.45) is -1.51. The Labute approximate surface area is 113 Å². The highest BCUT2D eigenvalue weighted by atomic mass is 19.4. The van der Waals surface area contributed by atoms with E-state index in [0.29, 0.717) is 6.08 Å². The van der Waals surface area contributed by atoms with Crippen molar-refractivity contribution in [3.63, 3.8) is 0 Å². The Balaban J connectivity index is 2.61. The van der Waals surface area contributed by atoms with Crippen LogP contribution in [0.2, 0.25) is 0 Å². The van der Waals surface area contributed by atoms with E-state index in [9.17, 15) is 17.6 Å². The van der Waals surface area contributed by atoms with Crippen molar-refractivity contribution in [2.75, 3.05) is 5.73 Å².